The maximum absolute atomic E-state index is 12.4. The number of carbonyl (C=O) groups is 2. The van der Waals surface area contributed by atoms with E-state index in [1.807, 2.05) is 55.5 Å². The zero-order chi connectivity index (χ0) is 19.4. The summed E-state index contributed by atoms with van der Waals surface area (Å²) in [7, 11) is 1.78. The fraction of sp³-hybridized carbons (Fsp3) is 0.227. The first-order valence-electron chi connectivity index (χ1n) is 8.90. The number of nitrogens with zero attached hydrogens (tertiary/aromatic N) is 2. The molecular formula is C22H22N2O3. The van der Waals surface area contributed by atoms with Gasteiger partial charge in [0.2, 0.25) is 5.91 Å². The second kappa shape index (κ2) is 7.99. The minimum Gasteiger partial charge on any atom is -0.361 e. The highest BCUT2D eigenvalue weighted by Gasteiger charge is 2.12. The van der Waals surface area contributed by atoms with Crippen molar-refractivity contribution in [2.45, 2.75) is 26.7 Å². The van der Waals surface area contributed by atoms with Crippen LogP contribution < -0.4 is 4.90 Å². The molecule has 27 heavy (non-hydrogen) atoms. The molecule has 0 saturated carbocycles. The number of benzene rings is 2. The first-order chi connectivity index (χ1) is 13.0. The summed E-state index contributed by atoms with van der Waals surface area (Å²) in [6.45, 7) is 3.65. The molecule has 0 spiro atoms. The fourth-order valence-electron chi connectivity index (χ4n) is 2.87. The van der Waals surface area contributed by atoms with Gasteiger partial charge in [0.25, 0.3) is 0 Å². The summed E-state index contributed by atoms with van der Waals surface area (Å²) < 4.78 is 5.00. The summed E-state index contributed by atoms with van der Waals surface area (Å²) in [6, 6.07) is 15.3. The fourth-order valence-corrected chi connectivity index (χ4v) is 2.87. The Balaban J connectivity index is 1.72. The molecule has 0 aliphatic rings. The van der Waals surface area contributed by atoms with Crippen molar-refractivity contribution in [3.63, 3.8) is 0 Å². The molecule has 1 amide bonds. The Morgan fingerprint density at radius 2 is 1.59 bits per heavy atom. The molecule has 0 unspecified atom stereocenters. The molecule has 0 radical (unpaired) electrons. The monoisotopic (exact) mass is 362 g/mol. The third kappa shape index (κ3) is 4.14. The van der Waals surface area contributed by atoms with Crippen molar-refractivity contribution >= 4 is 17.4 Å². The smallest absolute Gasteiger partial charge is 0.226 e. The van der Waals surface area contributed by atoms with Gasteiger partial charge in [0.05, 0.1) is 6.20 Å². The lowest BCUT2D eigenvalue weighted by Crippen LogP contribution is -2.24. The van der Waals surface area contributed by atoms with Gasteiger partial charge in [-0.3, -0.25) is 9.59 Å². The van der Waals surface area contributed by atoms with Crippen LogP contribution in [-0.2, 0) is 11.2 Å². The summed E-state index contributed by atoms with van der Waals surface area (Å²) in [5.41, 5.74) is 4.38. The van der Waals surface area contributed by atoms with E-state index in [4.69, 9.17) is 4.52 Å². The molecule has 0 fully saturated rings. The third-order valence-electron chi connectivity index (χ3n) is 4.67. The molecule has 138 valence electrons. The molecule has 1 aromatic heterocycles. The summed E-state index contributed by atoms with van der Waals surface area (Å²) in [4.78, 5) is 25.9. The van der Waals surface area contributed by atoms with Gasteiger partial charge >= 0.3 is 0 Å². The van der Waals surface area contributed by atoms with Crippen molar-refractivity contribution in [3.05, 3.63) is 71.6 Å². The minimum atomic E-state index is 0.0305. The van der Waals surface area contributed by atoms with Crippen LogP contribution >= 0.6 is 0 Å². The predicted octanol–water partition coefficient (Wildman–Crippen LogP) is 4.45. The molecule has 0 saturated heterocycles. The predicted molar refractivity (Wildman–Crippen MR) is 105 cm³/mol. The molecular weight excluding hydrogens is 340 g/mol. The average molecular weight is 362 g/mol. The number of anilines is 1. The first-order valence-corrected chi connectivity index (χ1v) is 8.90. The van der Waals surface area contributed by atoms with Crippen LogP contribution in [-0.4, -0.2) is 23.9 Å². The zero-order valence-electron chi connectivity index (χ0n) is 15.7. The molecule has 2 aromatic carbocycles. The topological polar surface area (TPSA) is 63.4 Å². The number of amides is 1. The molecule has 5 heteroatoms. The third-order valence-corrected chi connectivity index (χ3v) is 4.67. The second-order valence-electron chi connectivity index (χ2n) is 6.44. The van der Waals surface area contributed by atoms with Crippen LogP contribution in [0.3, 0.4) is 0 Å². The molecule has 0 aliphatic carbocycles. The second-order valence-corrected chi connectivity index (χ2v) is 6.44. The van der Waals surface area contributed by atoms with E-state index >= 15 is 0 Å². The Morgan fingerprint density at radius 3 is 2.11 bits per heavy atom. The van der Waals surface area contributed by atoms with E-state index in [0.717, 1.165) is 22.4 Å². The van der Waals surface area contributed by atoms with E-state index in [9.17, 15) is 9.59 Å². The zero-order valence-corrected chi connectivity index (χ0v) is 15.7. The molecule has 5 nitrogen and oxygen atoms in total. The van der Waals surface area contributed by atoms with Crippen molar-refractivity contribution in [1.82, 2.24) is 5.16 Å². The van der Waals surface area contributed by atoms with Crippen molar-refractivity contribution in [2.24, 2.45) is 0 Å². The standard InChI is InChI=1S/C22H22N2O3/c1-4-22(26)24(3)20-11-9-17(10-12-20)16-5-7-18(8-6-16)21(25)13-19-14-23-27-15(19)2/h5-12,14H,4,13H2,1-3H3. The maximum atomic E-state index is 12.4. The molecule has 0 bridgehead atoms. The highest BCUT2D eigenvalue weighted by Crippen LogP contribution is 2.24. The van der Waals surface area contributed by atoms with Crippen LogP contribution in [0.1, 0.15) is 35.0 Å². The Morgan fingerprint density at radius 1 is 1.00 bits per heavy atom. The maximum Gasteiger partial charge on any atom is 0.226 e. The molecule has 3 rings (SSSR count). The van der Waals surface area contributed by atoms with E-state index in [-0.39, 0.29) is 18.1 Å². The van der Waals surface area contributed by atoms with Crippen LogP contribution in [0.25, 0.3) is 11.1 Å². The number of carbonyl (C=O) groups excluding carboxylic acids is 2. The first kappa shape index (κ1) is 18.6. The molecule has 0 N–H and O–H groups in total. The summed E-state index contributed by atoms with van der Waals surface area (Å²) in [5.74, 6) is 0.781. The van der Waals surface area contributed by atoms with E-state index in [1.54, 1.807) is 25.1 Å². The van der Waals surface area contributed by atoms with Gasteiger partial charge in [-0.2, -0.15) is 0 Å². The lowest BCUT2D eigenvalue weighted by molar-refractivity contribution is -0.118. The summed E-state index contributed by atoms with van der Waals surface area (Å²) in [5, 5.41) is 3.71. The number of ketones is 1. The highest BCUT2D eigenvalue weighted by molar-refractivity contribution is 5.98. The van der Waals surface area contributed by atoms with E-state index in [0.29, 0.717) is 17.7 Å². The summed E-state index contributed by atoms with van der Waals surface area (Å²) >= 11 is 0. The normalized spacial score (nSPS) is 10.6. The number of Topliss-reactive ketones (excluding diaryl/α,β-unsaturated/α-hetero) is 1. The van der Waals surface area contributed by atoms with Gasteiger partial charge in [0, 0.05) is 36.7 Å². The molecule has 0 aliphatic heterocycles. The minimum absolute atomic E-state index is 0.0305. The van der Waals surface area contributed by atoms with Gasteiger partial charge in [-0.05, 0) is 30.2 Å². The number of hydrogen-bond donors (Lipinski definition) is 0. The lowest BCUT2D eigenvalue weighted by Gasteiger charge is -2.16. The Kier molecular flexibility index (Phi) is 5.50. The Hall–Kier alpha value is -3.21. The van der Waals surface area contributed by atoms with Gasteiger partial charge in [-0.15, -0.1) is 0 Å². The van der Waals surface area contributed by atoms with Crippen LogP contribution in [0, 0.1) is 6.92 Å². The van der Waals surface area contributed by atoms with Gasteiger partial charge < -0.3 is 9.42 Å². The van der Waals surface area contributed by atoms with Crippen LogP contribution in [0.4, 0.5) is 5.69 Å². The Bertz CT molecular complexity index is 940. The van der Waals surface area contributed by atoms with Crippen LogP contribution in [0.15, 0.2) is 59.3 Å². The molecule has 0 atom stereocenters. The molecule has 1 heterocycles. The van der Waals surface area contributed by atoms with E-state index < -0.39 is 0 Å². The van der Waals surface area contributed by atoms with Gasteiger partial charge in [-0.25, -0.2) is 0 Å². The number of rotatable bonds is 6. The van der Waals surface area contributed by atoms with Crippen molar-refractivity contribution in [3.8, 4) is 11.1 Å². The largest absolute Gasteiger partial charge is 0.361 e. The van der Waals surface area contributed by atoms with Crippen molar-refractivity contribution in [1.29, 1.82) is 0 Å². The average Bonchev–Trinajstić information content (AvgIpc) is 3.11. The quantitative estimate of drug-likeness (QED) is 0.608. The number of aryl methyl sites for hydroxylation is 1. The molecule has 3 aromatic rings. The van der Waals surface area contributed by atoms with Gasteiger partial charge in [0.15, 0.2) is 5.78 Å². The number of hydrogen-bond acceptors (Lipinski definition) is 4. The van der Waals surface area contributed by atoms with Gasteiger partial charge in [-0.1, -0.05) is 48.5 Å². The Labute approximate surface area is 158 Å². The SMILES string of the molecule is CCC(=O)N(C)c1ccc(-c2ccc(C(=O)Cc3cnoc3C)cc2)cc1. The van der Waals surface area contributed by atoms with E-state index in [2.05, 4.69) is 5.16 Å². The van der Waals surface area contributed by atoms with Crippen LogP contribution in [0.5, 0.6) is 0 Å². The van der Waals surface area contributed by atoms with Crippen molar-refractivity contribution < 1.29 is 14.1 Å². The van der Waals surface area contributed by atoms with Gasteiger partial charge in [0.1, 0.15) is 5.76 Å². The van der Waals surface area contributed by atoms with Crippen molar-refractivity contribution in [2.75, 3.05) is 11.9 Å². The summed E-state index contributed by atoms with van der Waals surface area (Å²) in [6.07, 6.45) is 2.34. The number of aromatic nitrogens is 1. The van der Waals surface area contributed by atoms with Crippen LogP contribution in [0.2, 0.25) is 0 Å². The van der Waals surface area contributed by atoms with E-state index in [1.165, 1.54) is 0 Å². The lowest BCUT2D eigenvalue weighted by atomic mass is 9.99. The highest BCUT2D eigenvalue weighted by atomic mass is 16.5.